The third-order valence-electron chi connectivity index (χ3n) is 4.29. The van der Waals surface area contributed by atoms with E-state index in [9.17, 15) is 9.59 Å². The first-order chi connectivity index (χ1) is 14.0. The number of hydrogen-bond donors (Lipinski definition) is 1. The average molecular weight is 430 g/mol. The van der Waals surface area contributed by atoms with Crippen LogP contribution in [0.1, 0.15) is 23.4 Å². The summed E-state index contributed by atoms with van der Waals surface area (Å²) in [5.74, 6) is -0.0493. The summed E-state index contributed by atoms with van der Waals surface area (Å²) >= 11 is 2.90. The molecular weight excluding hydrogens is 410 g/mol. The molecule has 8 nitrogen and oxygen atoms in total. The van der Waals surface area contributed by atoms with E-state index in [4.69, 9.17) is 4.74 Å². The van der Waals surface area contributed by atoms with Gasteiger partial charge in [-0.2, -0.15) is 0 Å². The van der Waals surface area contributed by atoms with E-state index in [0.717, 1.165) is 34.1 Å². The van der Waals surface area contributed by atoms with E-state index in [0.29, 0.717) is 16.6 Å². The molecule has 0 bridgehead atoms. The molecule has 0 radical (unpaired) electrons. The molecule has 1 N–H and O–H groups in total. The number of ether oxygens (including phenoxy) is 1. The van der Waals surface area contributed by atoms with Crippen LogP contribution in [-0.4, -0.2) is 40.1 Å². The predicted octanol–water partition coefficient (Wildman–Crippen LogP) is 3.29. The second kappa shape index (κ2) is 8.26. The molecule has 0 fully saturated rings. The number of thiazole rings is 1. The monoisotopic (exact) mass is 429 g/mol. The van der Waals surface area contributed by atoms with E-state index in [-0.39, 0.29) is 25.0 Å². The van der Waals surface area contributed by atoms with Gasteiger partial charge in [0.25, 0.3) is 5.91 Å². The third kappa shape index (κ3) is 4.28. The number of aryl methyl sites for hydroxylation is 2. The van der Waals surface area contributed by atoms with Crippen LogP contribution in [0.5, 0.6) is 5.75 Å². The number of aromatic nitrogens is 3. The lowest BCUT2D eigenvalue weighted by Gasteiger charge is -2.29. The molecule has 0 saturated carbocycles. The molecule has 1 aromatic carbocycles. The van der Waals surface area contributed by atoms with Crippen molar-refractivity contribution in [2.24, 2.45) is 0 Å². The highest BCUT2D eigenvalue weighted by molar-refractivity contribution is 7.15. The smallest absolute Gasteiger partial charge is 0.265 e. The summed E-state index contributed by atoms with van der Waals surface area (Å²) in [5, 5.41) is 14.7. The molecule has 2 amide bonds. The Morgan fingerprint density at radius 3 is 2.97 bits per heavy atom. The summed E-state index contributed by atoms with van der Waals surface area (Å²) in [6.45, 7) is 3.69. The molecule has 0 saturated heterocycles. The van der Waals surface area contributed by atoms with Crippen LogP contribution in [0.4, 0.5) is 10.8 Å². The van der Waals surface area contributed by atoms with Crippen LogP contribution in [0.25, 0.3) is 11.3 Å². The van der Waals surface area contributed by atoms with Crippen molar-refractivity contribution in [2.45, 2.75) is 26.7 Å². The summed E-state index contributed by atoms with van der Waals surface area (Å²) in [6.07, 6.45) is 1.98. The van der Waals surface area contributed by atoms with Crippen LogP contribution in [0.2, 0.25) is 0 Å². The first-order valence-corrected chi connectivity index (χ1v) is 10.8. The Morgan fingerprint density at radius 1 is 1.34 bits per heavy atom. The zero-order valence-corrected chi connectivity index (χ0v) is 17.6. The van der Waals surface area contributed by atoms with Crippen molar-refractivity contribution < 1.29 is 14.3 Å². The molecule has 0 atom stereocenters. The van der Waals surface area contributed by atoms with E-state index in [2.05, 4.69) is 27.4 Å². The van der Waals surface area contributed by atoms with Gasteiger partial charge in [0.1, 0.15) is 17.3 Å². The number of rotatable bonds is 6. The lowest BCUT2D eigenvalue weighted by molar-refractivity contribution is -0.123. The minimum absolute atomic E-state index is 0.102. The Bertz CT molecular complexity index is 1060. The summed E-state index contributed by atoms with van der Waals surface area (Å²) < 4.78 is 5.54. The van der Waals surface area contributed by atoms with Crippen molar-refractivity contribution >= 4 is 45.3 Å². The Balaban J connectivity index is 1.57. The van der Waals surface area contributed by atoms with E-state index >= 15 is 0 Å². The van der Waals surface area contributed by atoms with Crippen molar-refractivity contribution in [2.75, 3.05) is 23.4 Å². The number of nitrogens with zero attached hydrogens (tertiary/aromatic N) is 4. The molecular formula is C19H19N5O3S2. The zero-order valence-electron chi connectivity index (χ0n) is 16.0. The van der Waals surface area contributed by atoms with Crippen LogP contribution in [0.3, 0.4) is 0 Å². The quantitative estimate of drug-likeness (QED) is 0.646. The third-order valence-corrected chi connectivity index (χ3v) is 5.95. The van der Waals surface area contributed by atoms with Gasteiger partial charge in [-0.15, -0.1) is 21.5 Å². The van der Waals surface area contributed by atoms with Crippen LogP contribution in [0.15, 0.2) is 23.6 Å². The van der Waals surface area contributed by atoms with Crippen molar-refractivity contribution in [3.63, 3.8) is 0 Å². The molecule has 3 heterocycles. The Labute approximate surface area is 175 Å². The molecule has 0 spiro atoms. The number of benzene rings is 1. The second-order valence-electron chi connectivity index (χ2n) is 6.50. The van der Waals surface area contributed by atoms with Crippen LogP contribution in [-0.2, 0) is 16.0 Å². The number of carbonyl (C=O) groups is 2. The number of amides is 2. The second-order valence-corrected chi connectivity index (χ2v) is 8.63. The first-order valence-electron chi connectivity index (χ1n) is 9.15. The SMILES string of the molecule is CCCc1nc(-c2ccc3c(c2)N(CC(=O)Nc2nnc(C)s2)C(=O)CO3)cs1. The number of anilines is 2. The number of fused-ring (bicyclic) bond motifs is 1. The minimum Gasteiger partial charge on any atom is -0.482 e. The molecule has 3 aromatic rings. The summed E-state index contributed by atoms with van der Waals surface area (Å²) in [6, 6.07) is 5.58. The maximum Gasteiger partial charge on any atom is 0.265 e. The van der Waals surface area contributed by atoms with Crippen molar-refractivity contribution in [1.29, 1.82) is 0 Å². The highest BCUT2D eigenvalue weighted by Crippen LogP contribution is 2.36. The predicted molar refractivity (Wildman–Crippen MR) is 113 cm³/mol. The lowest BCUT2D eigenvalue weighted by atomic mass is 10.1. The van der Waals surface area contributed by atoms with Gasteiger partial charge in [-0.05, 0) is 38.0 Å². The van der Waals surface area contributed by atoms with Crippen LogP contribution >= 0.6 is 22.7 Å². The number of carbonyl (C=O) groups excluding carboxylic acids is 2. The van der Waals surface area contributed by atoms with Gasteiger partial charge >= 0.3 is 0 Å². The average Bonchev–Trinajstić information content (AvgIpc) is 3.33. The summed E-state index contributed by atoms with van der Waals surface area (Å²) in [5.41, 5.74) is 2.30. The fourth-order valence-electron chi connectivity index (χ4n) is 2.96. The molecule has 1 aliphatic rings. The fourth-order valence-corrected chi connectivity index (χ4v) is 4.47. The van der Waals surface area contributed by atoms with Gasteiger partial charge in [-0.3, -0.25) is 19.8 Å². The standard InChI is InChI=1S/C19H19N5O3S2/c1-3-4-17-20-13(10-28-17)12-5-6-15-14(7-12)24(18(26)9-27-15)8-16(25)21-19-23-22-11(2)29-19/h5-7,10H,3-4,8-9H2,1-2H3,(H,21,23,25). The lowest BCUT2D eigenvalue weighted by Crippen LogP contribution is -2.43. The van der Waals surface area contributed by atoms with Gasteiger partial charge in [-0.25, -0.2) is 4.98 Å². The molecule has 0 aliphatic carbocycles. The Hall–Kier alpha value is -2.85. The zero-order chi connectivity index (χ0) is 20.4. The van der Waals surface area contributed by atoms with Gasteiger partial charge in [0.05, 0.1) is 16.4 Å². The highest BCUT2D eigenvalue weighted by Gasteiger charge is 2.28. The Kier molecular flexibility index (Phi) is 5.54. The van der Waals surface area contributed by atoms with Gasteiger partial charge < -0.3 is 4.74 Å². The molecule has 29 heavy (non-hydrogen) atoms. The Morgan fingerprint density at radius 2 is 2.21 bits per heavy atom. The van der Waals surface area contributed by atoms with E-state index in [1.54, 1.807) is 18.3 Å². The first kappa shape index (κ1) is 19.5. The van der Waals surface area contributed by atoms with Gasteiger partial charge in [0.15, 0.2) is 6.61 Å². The molecule has 10 heteroatoms. The van der Waals surface area contributed by atoms with E-state index < -0.39 is 0 Å². The maximum absolute atomic E-state index is 12.5. The highest BCUT2D eigenvalue weighted by atomic mass is 32.1. The van der Waals surface area contributed by atoms with Gasteiger partial charge in [-0.1, -0.05) is 18.3 Å². The van der Waals surface area contributed by atoms with Gasteiger partial charge in [0.2, 0.25) is 11.0 Å². The largest absolute Gasteiger partial charge is 0.482 e. The molecule has 1 aliphatic heterocycles. The molecule has 4 rings (SSSR count). The summed E-state index contributed by atoms with van der Waals surface area (Å²) in [7, 11) is 0. The molecule has 150 valence electrons. The molecule has 2 aromatic heterocycles. The van der Waals surface area contributed by atoms with Gasteiger partial charge in [0, 0.05) is 10.9 Å². The van der Waals surface area contributed by atoms with Crippen molar-refractivity contribution in [3.05, 3.63) is 33.6 Å². The van der Waals surface area contributed by atoms with Crippen LogP contribution in [0, 0.1) is 6.92 Å². The van der Waals surface area contributed by atoms with Crippen molar-refractivity contribution in [1.82, 2.24) is 15.2 Å². The van der Waals surface area contributed by atoms with E-state index in [1.807, 2.05) is 23.6 Å². The topological polar surface area (TPSA) is 97.3 Å². The number of hydrogen-bond acceptors (Lipinski definition) is 8. The number of nitrogens with one attached hydrogen (secondary N) is 1. The molecule has 0 unspecified atom stereocenters. The van der Waals surface area contributed by atoms with E-state index in [1.165, 1.54) is 16.2 Å². The normalized spacial score (nSPS) is 13.2. The minimum atomic E-state index is -0.341. The maximum atomic E-state index is 12.5. The fraction of sp³-hybridized carbons (Fsp3) is 0.316. The summed E-state index contributed by atoms with van der Waals surface area (Å²) in [4.78, 5) is 31.0. The van der Waals surface area contributed by atoms with Crippen molar-refractivity contribution in [3.8, 4) is 17.0 Å². The van der Waals surface area contributed by atoms with Crippen LogP contribution < -0.4 is 15.0 Å².